The van der Waals surface area contributed by atoms with Crippen molar-refractivity contribution in [1.82, 2.24) is 0 Å². The van der Waals surface area contributed by atoms with E-state index in [-0.39, 0.29) is 31.1 Å². The number of carbonyl (C=O) groups excluding carboxylic acids is 3. The van der Waals surface area contributed by atoms with Gasteiger partial charge >= 0.3 is 17.9 Å². The predicted molar refractivity (Wildman–Crippen MR) is 334 cm³/mol. The molecule has 0 aliphatic rings. The van der Waals surface area contributed by atoms with Crippen LogP contribution in [-0.2, 0) is 28.6 Å². The summed E-state index contributed by atoms with van der Waals surface area (Å²) in [4.78, 5) is 38.4. The van der Waals surface area contributed by atoms with Gasteiger partial charge in [-0.3, -0.25) is 14.4 Å². The van der Waals surface area contributed by atoms with Crippen LogP contribution in [0.4, 0.5) is 0 Å². The molecule has 0 aliphatic heterocycles. The summed E-state index contributed by atoms with van der Waals surface area (Å²) in [5.74, 6) is -0.894. The molecule has 0 fully saturated rings. The molecule has 0 aromatic rings. The molecule has 6 heteroatoms. The van der Waals surface area contributed by atoms with E-state index >= 15 is 0 Å². The van der Waals surface area contributed by atoms with Gasteiger partial charge in [0.25, 0.3) is 0 Å². The third-order valence-electron chi connectivity index (χ3n) is 14.4. The summed E-state index contributed by atoms with van der Waals surface area (Å²) in [5.41, 5.74) is 0. The first-order valence-electron chi connectivity index (χ1n) is 33.1. The number of unbranched alkanes of at least 4 members (excludes halogenated alkanes) is 35. The quantitative estimate of drug-likeness (QED) is 0.0261. The fraction of sp³-hybridized carbons (Fsp3) is 0.761. The summed E-state index contributed by atoms with van der Waals surface area (Å²) in [6.45, 7) is 6.53. The second-order valence-electron chi connectivity index (χ2n) is 22.0. The molecule has 0 aromatic carbocycles. The van der Waals surface area contributed by atoms with Gasteiger partial charge in [0.2, 0.25) is 0 Å². The fourth-order valence-electron chi connectivity index (χ4n) is 9.44. The molecule has 6 nitrogen and oxygen atoms in total. The van der Waals surface area contributed by atoms with Crippen LogP contribution in [0.3, 0.4) is 0 Å². The standard InChI is InChI=1S/C71H124O6/c1-4-7-10-13-16-19-22-25-28-31-34-36-38-40-43-46-49-52-55-58-61-64-70(73)76-67-68(66-75-69(72)63-60-57-54-51-48-45-42-39-33-30-27-24-21-18-15-12-9-6-3)77-71(74)65-62-59-56-53-50-47-44-41-37-35-32-29-26-23-20-17-14-11-8-5-2/h7,10,16,19,21,24-25,28,30,33-34,36,40,43,68H,4-6,8-9,11-15,17-18,20,22-23,26-27,29,31-32,35,37-39,41-42,44-67H2,1-3H3/b10-7-,19-16-,24-21-,28-25-,33-30-,36-34-,43-40-. The third-order valence-corrected chi connectivity index (χ3v) is 14.4. The molecular formula is C71H124O6. The Morgan fingerprint density at radius 1 is 0.273 bits per heavy atom. The second-order valence-corrected chi connectivity index (χ2v) is 22.0. The van der Waals surface area contributed by atoms with Gasteiger partial charge < -0.3 is 14.2 Å². The van der Waals surface area contributed by atoms with E-state index in [1.54, 1.807) is 0 Å². The molecule has 1 atom stereocenters. The van der Waals surface area contributed by atoms with Gasteiger partial charge in [0.05, 0.1) is 0 Å². The number of hydrogen-bond donors (Lipinski definition) is 0. The minimum Gasteiger partial charge on any atom is -0.462 e. The lowest BCUT2D eigenvalue weighted by Crippen LogP contribution is -2.30. The molecule has 0 aromatic heterocycles. The maximum Gasteiger partial charge on any atom is 0.306 e. The zero-order valence-electron chi connectivity index (χ0n) is 51.0. The van der Waals surface area contributed by atoms with Crippen LogP contribution in [0.15, 0.2) is 85.1 Å². The van der Waals surface area contributed by atoms with Crippen molar-refractivity contribution in [3.05, 3.63) is 85.1 Å². The van der Waals surface area contributed by atoms with Gasteiger partial charge in [0.15, 0.2) is 6.10 Å². The van der Waals surface area contributed by atoms with Crippen molar-refractivity contribution in [2.24, 2.45) is 0 Å². The molecule has 0 rings (SSSR count). The van der Waals surface area contributed by atoms with E-state index in [1.165, 1.54) is 167 Å². The lowest BCUT2D eigenvalue weighted by Gasteiger charge is -2.18. The number of carbonyl (C=O) groups is 3. The number of esters is 3. The van der Waals surface area contributed by atoms with Crippen LogP contribution in [-0.4, -0.2) is 37.2 Å². The summed E-state index contributed by atoms with van der Waals surface area (Å²) in [5, 5.41) is 0. The maximum absolute atomic E-state index is 12.9. The Balaban J connectivity index is 4.41. The summed E-state index contributed by atoms with van der Waals surface area (Å²) in [6.07, 6.45) is 85.8. The monoisotopic (exact) mass is 1070 g/mol. The van der Waals surface area contributed by atoms with Gasteiger partial charge in [0, 0.05) is 19.3 Å². The van der Waals surface area contributed by atoms with Gasteiger partial charge in [-0.1, -0.05) is 298 Å². The van der Waals surface area contributed by atoms with Crippen molar-refractivity contribution in [3.8, 4) is 0 Å². The first-order valence-corrected chi connectivity index (χ1v) is 33.1. The molecule has 1 unspecified atom stereocenters. The van der Waals surface area contributed by atoms with Gasteiger partial charge in [-0.2, -0.15) is 0 Å². The van der Waals surface area contributed by atoms with Crippen LogP contribution in [0.5, 0.6) is 0 Å². The Kier molecular flexibility index (Phi) is 62.2. The fourth-order valence-corrected chi connectivity index (χ4v) is 9.44. The maximum atomic E-state index is 12.9. The number of hydrogen-bond acceptors (Lipinski definition) is 6. The van der Waals surface area contributed by atoms with Crippen molar-refractivity contribution in [2.45, 2.75) is 335 Å². The highest BCUT2D eigenvalue weighted by Gasteiger charge is 2.19. The van der Waals surface area contributed by atoms with E-state index in [9.17, 15) is 14.4 Å². The average Bonchev–Trinajstić information content (AvgIpc) is 3.43. The molecule has 0 spiro atoms. The molecule has 0 saturated carbocycles. The van der Waals surface area contributed by atoms with Gasteiger partial charge in [-0.15, -0.1) is 0 Å². The van der Waals surface area contributed by atoms with E-state index in [0.29, 0.717) is 19.3 Å². The molecule has 0 saturated heterocycles. The summed E-state index contributed by atoms with van der Waals surface area (Å²) >= 11 is 0. The van der Waals surface area contributed by atoms with Crippen molar-refractivity contribution in [2.75, 3.05) is 13.2 Å². The second kappa shape index (κ2) is 65.1. The molecule has 444 valence electrons. The van der Waals surface area contributed by atoms with E-state index in [2.05, 4.69) is 106 Å². The van der Waals surface area contributed by atoms with Crippen LogP contribution in [0, 0.1) is 0 Å². The van der Waals surface area contributed by atoms with Crippen molar-refractivity contribution in [3.63, 3.8) is 0 Å². The summed E-state index contributed by atoms with van der Waals surface area (Å²) < 4.78 is 17.0. The van der Waals surface area contributed by atoms with E-state index < -0.39 is 6.10 Å². The largest absolute Gasteiger partial charge is 0.462 e. The molecule has 0 N–H and O–H groups in total. The summed E-state index contributed by atoms with van der Waals surface area (Å²) in [6, 6.07) is 0. The van der Waals surface area contributed by atoms with Gasteiger partial charge in [0.1, 0.15) is 13.2 Å². The predicted octanol–water partition coefficient (Wildman–Crippen LogP) is 22.7. The number of allylic oxidation sites excluding steroid dienone is 14. The topological polar surface area (TPSA) is 78.9 Å². The zero-order chi connectivity index (χ0) is 55.7. The van der Waals surface area contributed by atoms with E-state index in [4.69, 9.17) is 14.2 Å². The molecule has 0 amide bonds. The Hall–Kier alpha value is -3.41. The lowest BCUT2D eigenvalue weighted by molar-refractivity contribution is -0.167. The van der Waals surface area contributed by atoms with Crippen molar-refractivity contribution in [1.29, 1.82) is 0 Å². The van der Waals surface area contributed by atoms with Crippen LogP contribution in [0.2, 0.25) is 0 Å². The van der Waals surface area contributed by atoms with Crippen LogP contribution in [0.1, 0.15) is 329 Å². The smallest absolute Gasteiger partial charge is 0.306 e. The SMILES string of the molecule is CC/C=C\C/C=C\C/C=C\C/C=C\C/C=C\CCCCCCCC(=O)OCC(COC(=O)CCCCCCCCC/C=C\C/C=C\CCCCCC)OC(=O)CCCCCCCCCCCCCCCCCCCCCC. The number of rotatable bonds is 60. The van der Waals surface area contributed by atoms with Gasteiger partial charge in [-0.05, 0) is 96.3 Å². The van der Waals surface area contributed by atoms with E-state index in [1.807, 2.05) is 0 Å². The first-order chi connectivity index (χ1) is 38.0. The Morgan fingerprint density at radius 3 is 0.805 bits per heavy atom. The molecule has 0 aliphatic carbocycles. The highest BCUT2D eigenvalue weighted by atomic mass is 16.6. The Bertz CT molecular complexity index is 1470. The lowest BCUT2D eigenvalue weighted by atomic mass is 10.0. The zero-order valence-corrected chi connectivity index (χ0v) is 51.0. The number of ether oxygens (including phenoxy) is 3. The molecule has 0 radical (unpaired) electrons. The Morgan fingerprint density at radius 2 is 0.506 bits per heavy atom. The highest BCUT2D eigenvalue weighted by Crippen LogP contribution is 2.17. The molecule has 0 bridgehead atoms. The van der Waals surface area contributed by atoms with Crippen LogP contribution < -0.4 is 0 Å². The minimum absolute atomic E-state index is 0.0845. The minimum atomic E-state index is -0.789. The molecular weight excluding hydrogens is 949 g/mol. The van der Waals surface area contributed by atoms with Crippen molar-refractivity contribution < 1.29 is 28.6 Å². The average molecular weight is 1070 g/mol. The molecule has 77 heavy (non-hydrogen) atoms. The Labute approximate surface area is 477 Å². The molecule has 0 heterocycles. The van der Waals surface area contributed by atoms with E-state index in [0.717, 1.165) is 122 Å². The normalized spacial score (nSPS) is 12.6. The van der Waals surface area contributed by atoms with Crippen LogP contribution in [0.25, 0.3) is 0 Å². The summed E-state index contributed by atoms with van der Waals surface area (Å²) in [7, 11) is 0. The van der Waals surface area contributed by atoms with Crippen molar-refractivity contribution >= 4 is 17.9 Å². The highest BCUT2D eigenvalue weighted by molar-refractivity contribution is 5.71. The van der Waals surface area contributed by atoms with Crippen LogP contribution >= 0.6 is 0 Å². The third kappa shape index (κ3) is 63.3. The first kappa shape index (κ1) is 73.6. The van der Waals surface area contributed by atoms with Gasteiger partial charge in [-0.25, -0.2) is 0 Å².